The molecule has 4 aromatic rings. The fourth-order valence-electron chi connectivity index (χ4n) is 3.30. The number of halogens is 3. The molecule has 0 radical (unpaired) electrons. The van der Waals surface area contributed by atoms with Crippen molar-refractivity contribution in [3.8, 4) is 5.82 Å². The first-order chi connectivity index (χ1) is 14.2. The first-order valence-electron chi connectivity index (χ1n) is 9.13. The Morgan fingerprint density at radius 1 is 1.00 bits per heavy atom. The zero-order chi connectivity index (χ0) is 21.5. The Balaban J connectivity index is 1.70. The van der Waals surface area contributed by atoms with Gasteiger partial charge >= 0.3 is 6.18 Å². The number of nitrogens with one attached hydrogen (secondary N) is 1. The second-order valence-electron chi connectivity index (χ2n) is 6.95. The van der Waals surface area contributed by atoms with E-state index in [0.717, 1.165) is 21.8 Å². The quantitative estimate of drug-likeness (QED) is 0.498. The number of hydrogen-bond acceptors (Lipinski definition) is 3. The summed E-state index contributed by atoms with van der Waals surface area (Å²) in [6.07, 6.45) is -2.11. The first kappa shape index (κ1) is 19.6. The van der Waals surface area contributed by atoms with Gasteiger partial charge in [0.1, 0.15) is 5.69 Å². The molecule has 8 heteroatoms. The molecule has 0 aliphatic heterocycles. The molecule has 4 rings (SSSR count). The monoisotopic (exact) mass is 410 g/mol. The van der Waals surface area contributed by atoms with Gasteiger partial charge in [-0.3, -0.25) is 9.36 Å². The average Bonchev–Trinajstić information content (AvgIpc) is 3.08. The number of aromatic nitrogens is 3. The summed E-state index contributed by atoms with van der Waals surface area (Å²) in [6, 6.07) is 13.2. The van der Waals surface area contributed by atoms with Crippen LogP contribution >= 0.6 is 0 Å². The van der Waals surface area contributed by atoms with Crippen molar-refractivity contribution in [3.63, 3.8) is 0 Å². The fourth-order valence-corrected chi connectivity index (χ4v) is 3.30. The Morgan fingerprint density at radius 3 is 2.43 bits per heavy atom. The summed E-state index contributed by atoms with van der Waals surface area (Å²) < 4.78 is 41.9. The summed E-state index contributed by atoms with van der Waals surface area (Å²) in [5, 5.41) is 3.08. The molecule has 0 spiro atoms. The third kappa shape index (κ3) is 3.63. The number of hydrogen-bond donors (Lipinski definition) is 1. The molecule has 2 heterocycles. The lowest BCUT2D eigenvalue weighted by Gasteiger charge is -2.13. The number of fused-ring (bicyclic) bond motifs is 1. The molecule has 0 aliphatic carbocycles. The van der Waals surface area contributed by atoms with Crippen LogP contribution < -0.4 is 5.32 Å². The molecule has 0 atom stereocenters. The SMILES string of the molecule is Cc1ccc2c(c1)cc(C(F)(F)F)n2-c1cnc(NC(=O)c2ccccc2C)cn1. The standard InChI is InChI=1S/C22H17F3N4O/c1-13-7-8-17-15(9-13)10-18(22(23,24)25)29(17)20-12-26-19(11-27-20)28-21(30)16-6-4-3-5-14(16)2/h3-12H,1-2H3,(H,26,28,30). The van der Waals surface area contributed by atoms with Gasteiger partial charge in [-0.15, -0.1) is 0 Å². The van der Waals surface area contributed by atoms with Gasteiger partial charge in [-0.1, -0.05) is 29.8 Å². The molecule has 0 saturated carbocycles. The summed E-state index contributed by atoms with van der Waals surface area (Å²) in [4.78, 5) is 20.6. The second kappa shape index (κ2) is 7.29. The van der Waals surface area contributed by atoms with Gasteiger partial charge in [0, 0.05) is 10.9 Å². The minimum absolute atomic E-state index is 0.00932. The van der Waals surface area contributed by atoms with E-state index < -0.39 is 11.9 Å². The van der Waals surface area contributed by atoms with Crippen molar-refractivity contribution in [3.05, 3.63) is 83.3 Å². The maximum atomic E-state index is 13.6. The maximum Gasteiger partial charge on any atom is 0.431 e. The van der Waals surface area contributed by atoms with E-state index in [2.05, 4.69) is 15.3 Å². The zero-order valence-electron chi connectivity index (χ0n) is 16.2. The van der Waals surface area contributed by atoms with E-state index >= 15 is 0 Å². The topological polar surface area (TPSA) is 59.8 Å². The van der Waals surface area contributed by atoms with Crippen molar-refractivity contribution in [2.24, 2.45) is 0 Å². The predicted octanol–water partition coefficient (Wildman–Crippen LogP) is 5.31. The molecule has 30 heavy (non-hydrogen) atoms. The molecule has 152 valence electrons. The van der Waals surface area contributed by atoms with Crippen molar-refractivity contribution in [1.29, 1.82) is 0 Å². The second-order valence-corrected chi connectivity index (χ2v) is 6.95. The fraction of sp³-hybridized carbons (Fsp3) is 0.136. The van der Waals surface area contributed by atoms with E-state index in [1.54, 1.807) is 43.3 Å². The van der Waals surface area contributed by atoms with Gasteiger partial charge in [-0.05, 0) is 43.7 Å². The average molecular weight is 410 g/mol. The van der Waals surface area contributed by atoms with Gasteiger partial charge in [0.15, 0.2) is 11.6 Å². The maximum absolute atomic E-state index is 13.6. The third-order valence-electron chi connectivity index (χ3n) is 4.75. The molecule has 5 nitrogen and oxygen atoms in total. The van der Waals surface area contributed by atoms with E-state index in [1.165, 1.54) is 12.4 Å². The molecule has 0 unspecified atom stereocenters. The summed E-state index contributed by atoms with van der Waals surface area (Å²) in [6.45, 7) is 3.62. The molecule has 0 saturated heterocycles. The van der Waals surface area contributed by atoms with E-state index in [0.29, 0.717) is 16.5 Å². The number of carbonyl (C=O) groups is 1. The minimum Gasteiger partial charge on any atom is -0.305 e. The van der Waals surface area contributed by atoms with E-state index in [4.69, 9.17) is 0 Å². The van der Waals surface area contributed by atoms with Gasteiger partial charge in [0.25, 0.3) is 5.91 Å². The largest absolute Gasteiger partial charge is 0.431 e. The van der Waals surface area contributed by atoms with Crippen molar-refractivity contribution in [2.45, 2.75) is 20.0 Å². The number of aryl methyl sites for hydroxylation is 2. The predicted molar refractivity (Wildman–Crippen MR) is 108 cm³/mol. The minimum atomic E-state index is -4.56. The van der Waals surface area contributed by atoms with Crippen LogP contribution in [-0.4, -0.2) is 20.4 Å². The number of carbonyl (C=O) groups excluding carboxylic acids is 1. The zero-order valence-corrected chi connectivity index (χ0v) is 16.2. The molecular formula is C22H17F3N4O. The van der Waals surface area contributed by atoms with Crippen molar-refractivity contribution in [2.75, 3.05) is 5.32 Å². The Bertz CT molecular complexity index is 1240. The summed E-state index contributed by atoms with van der Waals surface area (Å²) in [5.41, 5.74) is 1.67. The highest BCUT2D eigenvalue weighted by atomic mass is 19.4. The van der Waals surface area contributed by atoms with Crippen LogP contribution in [0.2, 0.25) is 0 Å². The lowest BCUT2D eigenvalue weighted by molar-refractivity contribution is -0.142. The van der Waals surface area contributed by atoms with Crippen molar-refractivity contribution >= 4 is 22.6 Å². The number of amides is 1. The van der Waals surface area contributed by atoms with Gasteiger partial charge in [-0.2, -0.15) is 13.2 Å². The summed E-state index contributed by atoms with van der Waals surface area (Å²) in [7, 11) is 0. The molecule has 0 fully saturated rings. The Labute approximate surface area is 170 Å². The lowest BCUT2D eigenvalue weighted by atomic mass is 10.1. The van der Waals surface area contributed by atoms with Crippen LogP contribution in [-0.2, 0) is 6.18 Å². The highest BCUT2D eigenvalue weighted by molar-refractivity contribution is 6.04. The normalized spacial score (nSPS) is 11.6. The Morgan fingerprint density at radius 2 is 1.77 bits per heavy atom. The first-order valence-corrected chi connectivity index (χ1v) is 9.13. The molecule has 1 amide bonds. The van der Waals surface area contributed by atoms with Gasteiger partial charge in [-0.25, -0.2) is 9.97 Å². The smallest absolute Gasteiger partial charge is 0.305 e. The van der Waals surface area contributed by atoms with Crippen LogP contribution in [0.25, 0.3) is 16.7 Å². The molecule has 1 N–H and O–H groups in total. The highest BCUT2D eigenvalue weighted by Gasteiger charge is 2.36. The van der Waals surface area contributed by atoms with Crippen LogP contribution in [0.4, 0.5) is 19.0 Å². The van der Waals surface area contributed by atoms with E-state index in [9.17, 15) is 18.0 Å². The van der Waals surface area contributed by atoms with E-state index in [-0.39, 0.29) is 17.5 Å². The number of nitrogens with zero attached hydrogens (tertiary/aromatic N) is 3. The lowest BCUT2D eigenvalue weighted by Crippen LogP contribution is -2.16. The highest BCUT2D eigenvalue weighted by Crippen LogP contribution is 2.36. The van der Waals surface area contributed by atoms with Crippen LogP contribution in [0.15, 0.2) is 60.9 Å². The molecule has 0 aliphatic rings. The number of benzene rings is 2. The van der Waals surface area contributed by atoms with Crippen LogP contribution in [0.3, 0.4) is 0 Å². The number of rotatable bonds is 3. The number of alkyl halides is 3. The third-order valence-corrected chi connectivity index (χ3v) is 4.75. The van der Waals surface area contributed by atoms with Crippen molar-refractivity contribution in [1.82, 2.24) is 14.5 Å². The van der Waals surface area contributed by atoms with Crippen LogP contribution in [0, 0.1) is 13.8 Å². The number of anilines is 1. The van der Waals surface area contributed by atoms with Crippen molar-refractivity contribution < 1.29 is 18.0 Å². The Hall–Kier alpha value is -3.68. The van der Waals surface area contributed by atoms with Gasteiger partial charge in [0.05, 0.1) is 17.9 Å². The summed E-state index contributed by atoms with van der Waals surface area (Å²) >= 11 is 0. The molecule has 0 bridgehead atoms. The Kier molecular flexibility index (Phi) is 4.77. The molecule has 2 aromatic heterocycles. The van der Waals surface area contributed by atoms with Crippen LogP contribution in [0.1, 0.15) is 27.2 Å². The molecule has 2 aromatic carbocycles. The van der Waals surface area contributed by atoms with Crippen LogP contribution in [0.5, 0.6) is 0 Å². The van der Waals surface area contributed by atoms with Gasteiger partial charge in [0.2, 0.25) is 0 Å². The van der Waals surface area contributed by atoms with Gasteiger partial charge < -0.3 is 5.32 Å². The van der Waals surface area contributed by atoms with E-state index in [1.807, 2.05) is 13.0 Å². The molecular weight excluding hydrogens is 393 g/mol. The summed E-state index contributed by atoms with van der Waals surface area (Å²) in [5.74, 6) is -0.212.